The van der Waals surface area contributed by atoms with Crippen molar-refractivity contribution < 1.29 is 14.3 Å². The van der Waals surface area contributed by atoms with Gasteiger partial charge in [0.15, 0.2) is 0 Å². The number of aryl methyl sites for hydroxylation is 1. The smallest absolute Gasteiger partial charge is 0.339 e. The minimum absolute atomic E-state index is 0.348. The van der Waals surface area contributed by atoms with Crippen LogP contribution in [0.4, 0.5) is 5.69 Å². The Morgan fingerprint density at radius 3 is 2.87 bits per heavy atom. The predicted octanol–water partition coefficient (Wildman–Crippen LogP) is 1.19. The summed E-state index contributed by atoms with van der Waals surface area (Å²) >= 11 is 0. The molecule has 0 saturated heterocycles. The normalized spacial score (nSPS) is 9.67. The topological polar surface area (TPSA) is 69.4 Å². The fourth-order valence-corrected chi connectivity index (χ4v) is 1.33. The molecule has 0 amide bonds. The van der Waals surface area contributed by atoms with Gasteiger partial charge in [0, 0.05) is 12.1 Å². The second-order valence-corrected chi connectivity index (χ2v) is 3.08. The first-order valence-corrected chi connectivity index (χ1v) is 4.60. The number of carbonyl (C=O) groups is 2. The van der Waals surface area contributed by atoms with Crippen molar-refractivity contribution in [2.75, 3.05) is 12.8 Å². The average Bonchev–Trinajstić information content (AvgIpc) is 2.27. The zero-order valence-corrected chi connectivity index (χ0v) is 8.53. The van der Waals surface area contributed by atoms with Gasteiger partial charge in [-0.15, -0.1) is 0 Å². The first-order chi connectivity index (χ1) is 7.20. The van der Waals surface area contributed by atoms with Gasteiger partial charge in [-0.05, 0) is 18.1 Å². The quantitative estimate of drug-likeness (QED) is 0.457. The number of carbonyl (C=O) groups excluding carboxylic acids is 2. The molecule has 0 spiro atoms. The Labute approximate surface area is 88.0 Å². The lowest BCUT2D eigenvalue weighted by molar-refractivity contribution is -0.107. The van der Waals surface area contributed by atoms with Gasteiger partial charge in [0.2, 0.25) is 0 Å². The first-order valence-electron chi connectivity index (χ1n) is 4.60. The number of esters is 1. The van der Waals surface area contributed by atoms with Gasteiger partial charge >= 0.3 is 5.97 Å². The molecule has 1 aromatic carbocycles. The van der Waals surface area contributed by atoms with E-state index in [-0.39, 0.29) is 0 Å². The number of methoxy groups -OCH3 is 1. The van der Waals surface area contributed by atoms with Crippen molar-refractivity contribution in [3.63, 3.8) is 0 Å². The number of benzene rings is 1. The zero-order chi connectivity index (χ0) is 11.3. The number of para-hydroxylation sites is 1. The predicted molar refractivity (Wildman–Crippen MR) is 56.6 cm³/mol. The molecular formula is C11H13NO3. The molecule has 80 valence electrons. The maximum absolute atomic E-state index is 11.3. The van der Waals surface area contributed by atoms with Crippen LogP contribution in [-0.4, -0.2) is 19.4 Å². The molecule has 4 nitrogen and oxygen atoms in total. The standard InChI is InChI=1S/C11H13NO3/c1-15-11(14)9-6-2-4-8(10(9)12)5-3-7-13/h2,4,6-7H,3,5,12H2,1H3. The van der Waals surface area contributed by atoms with Gasteiger partial charge in [-0.25, -0.2) is 4.79 Å². The van der Waals surface area contributed by atoms with E-state index in [1.807, 2.05) is 0 Å². The number of nitrogens with two attached hydrogens (primary N) is 1. The highest BCUT2D eigenvalue weighted by atomic mass is 16.5. The van der Waals surface area contributed by atoms with Gasteiger partial charge in [0.25, 0.3) is 0 Å². The Bertz CT molecular complexity index is 374. The summed E-state index contributed by atoms with van der Waals surface area (Å²) in [6, 6.07) is 5.12. The molecule has 2 N–H and O–H groups in total. The monoisotopic (exact) mass is 207 g/mol. The number of hydrogen-bond donors (Lipinski definition) is 1. The molecule has 0 heterocycles. The zero-order valence-electron chi connectivity index (χ0n) is 8.53. The van der Waals surface area contributed by atoms with Crippen LogP contribution in [0.1, 0.15) is 22.3 Å². The minimum Gasteiger partial charge on any atom is -0.465 e. The number of rotatable bonds is 4. The van der Waals surface area contributed by atoms with Crippen LogP contribution in [0, 0.1) is 0 Å². The van der Waals surface area contributed by atoms with E-state index < -0.39 is 5.97 Å². The van der Waals surface area contributed by atoms with E-state index in [1.54, 1.807) is 18.2 Å². The summed E-state index contributed by atoms with van der Waals surface area (Å²) in [4.78, 5) is 21.5. The van der Waals surface area contributed by atoms with E-state index in [0.29, 0.717) is 24.1 Å². The summed E-state index contributed by atoms with van der Waals surface area (Å²) in [7, 11) is 1.31. The molecule has 0 bridgehead atoms. The fraction of sp³-hybridized carbons (Fsp3) is 0.273. The first kappa shape index (κ1) is 11.2. The SMILES string of the molecule is COC(=O)c1cccc(CCC=O)c1N. The van der Waals surface area contributed by atoms with E-state index in [0.717, 1.165) is 11.8 Å². The van der Waals surface area contributed by atoms with E-state index in [9.17, 15) is 9.59 Å². The third kappa shape index (κ3) is 2.56. The molecule has 0 fully saturated rings. The maximum Gasteiger partial charge on any atom is 0.339 e. The van der Waals surface area contributed by atoms with Crippen molar-refractivity contribution in [2.45, 2.75) is 12.8 Å². The van der Waals surface area contributed by atoms with Crippen molar-refractivity contribution in [3.05, 3.63) is 29.3 Å². The number of anilines is 1. The summed E-state index contributed by atoms with van der Waals surface area (Å²) in [6.45, 7) is 0. The minimum atomic E-state index is -0.458. The van der Waals surface area contributed by atoms with Crippen LogP contribution in [0.15, 0.2) is 18.2 Å². The van der Waals surface area contributed by atoms with Gasteiger partial charge < -0.3 is 15.3 Å². The third-order valence-corrected chi connectivity index (χ3v) is 2.13. The lowest BCUT2D eigenvalue weighted by Crippen LogP contribution is -2.07. The molecule has 1 rings (SSSR count). The van der Waals surface area contributed by atoms with Crippen LogP contribution >= 0.6 is 0 Å². The maximum atomic E-state index is 11.3. The fourth-order valence-electron chi connectivity index (χ4n) is 1.33. The van der Waals surface area contributed by atoms with Gasteiger partial charge in [0.1, 0.15) is 6.29 Å². The number of nitrogen functional groups attached to an aromatic ring is 1. The summed E-state index contributed by atoms with van der Waals surface area (Å²) in [5, 5.41) is 0. The van der Waals surface area contributed by atoms with Gasteiger partial charge in [-0.3, -0.25) is 0 Å². The van der Waals surface area contributed by atoms with Crippen LogP contribution in [0.3, 0.4) is 0 Å². The summed E-state index contributed by atoms with van der Waals surface area (Å²) in [6.07, 6.45) is 1.76. The largest absolute Gasteiger partial charge is 0.465 e. The van der Waals surface area contributed by atoms with Gasteiger partial charge in [-0.1, -0.05) is 12.1 Å². The second-order valence-electron chi connectivity index (χ2n) is 3.08. The van der Waals surface area contributed by atoms with E-state index >= 15 is 0 Å². The summed E-state index contributed by atoms with van der Waals surface area (Å²) < 4.78 is 4.59. The van der Waals surface area contributed by atoms with Gasteiger partial charge in [0.05, 0.1) is 12.7 Å². The molecule has 0 aromatic heterocycles. The highest BCUT2D eigenvalue weighted by Crippen LogP contribution is 2.19. The Hall–Kier alpha value is -1.84. The molecule has 1 aromatic rings. The molecule has 15 heavy (non-hydrogen) atoms. The molecule has 0 aliphatic rings. The molecule has 4 heteroatoms. The second kappa shape index (κ2) is 5.14. The average molecular weight is 207 g/mol. The third-order valence-electron chi connectivity index (χ3n) is 2.13. The molecule has 0 radical (unpaired) electrons. The molecule has 0 aliphatic heterocycles. The Kier molecular flexibility index (Phi) is 3.85. The highest BCUT2D eigenvalue weighted by Gasteiger charge is 2.11. The van der Waals surface area contributed by atoms with Crippen LogP contribution in [0.2, 0.25) is 0 Å². The molecule has 0 atom stereocenters. The number of aldehydes is 1. The molecular weight excluding hydrogens is 194 g/mol. The Balaban J connectivity index is 2.99. The van der Waals surface area contributed by atoms with Crippen LogP contribution < -0.4 is 5.73 Å². The Morgan fingerprint density at radius 1 is 1.53 bits per heavy atom. The van der Waals surface area contributed by atoms with Crippen molar-refractivity contribution in [2.24, 2.45) is 0 Å². The molecule has 0 saturated carbocycles. The van der Waals surface area contributed by atoms with Crippen molar-refractivity contribution in [1.82, 2.24) is 0 Å². The van der Waals surface area contributed by atoms with Gasteiger partial charge in [-0.2, -0.15) is 0 Å². The Morgan fingerprint density at radius 2 is 2.27 bits per heavy atom. The van der Waals surface area contributed by atoms with E-state index in [4.69, 9.17) is 5.73 Å². The lowest BCUT2D eigenvalue weighted by Gasteiger charge is -2.08. The number of hydrogen-bond acceptors (Lipinski definition) is 4. The van der Waals surface area contributed by atoms with Crippen LogP contribution in [0.25, 0.3) is 0 Å². The summed E-state index contributed by atoms with van der Waals surface area (Å²) in [5.74, 6) is -0.458. The molecule has 0 aliphatic carbocycles. The highest BCUT2D eigenvalue weighted by molar-refractivity contribution is 5.95. The van der Waals surface area contributed by atoms with E-state index in [2.05, 4.69) is 4.74 Å². The van der Waals surface area contributed by atoms with Crippen molar-refractivity contribution in [1.29, 1.82) is 0 Å². The van der Waals surface area contributed by atoms with Crippen LogP contribution in [0.5, 0.6) is 0 Å². The van der Waals surface area contributed by atoms with Crippen LogP contribution in [-0.2, 0) is 16.0 Å². The number of ether oxygens (including phenoxy) is 1. The van der Waals surface area contributed by atoms with Crippen molar-refractivity contribution in [3.8, 4) is 0 Å². The van der Waals surface area contributed by atoms with E-state index in [1.165, 1.54) is 7.11 Å². The lowest BCUT2D eigenvalue weighted by atomic mass is 10.0. The van der Waals surface area contributed by atoms with Crippen molar-refractivity contribution >= 4 is 17.9 Å². The molecule has 0 unspecified atom stereocenters. The summed E-state index contributed by atoms with van der Waals surface area (Å²) in [5.41, 5.74) is 7.32.